The van der Waals surface area contributed by atoms with Gasteiger partial charge in [-0.05, 0) is 69.1 Å². The molecular weight excluding hydrogens is 314 g/mol. The number of aryl methyl sites for hydroxylation is 1. The van der Waals surface area contributed by atoms with Crippen molar-refractivity contribution < 1.29 is 9.53 Å². The number of imidazole rings is 1. The molecule has 5 nitrogen and oxygen atoms in total. The van der Waals surface area contributed by atoms with E-state index in [9.17, 15) is 4.79 Å². The van der Waals surface area contributed by atoms with Crippen molar-refractivity contribution in [3.8, 4) is 0 Å². The summed E-state index contributed by atoms with van der Waals surface area (Å²) in [5.74, 6) is 4.34. The van der Waals surface area contributed by atoms with Gasteiger partial charge in [-0.25, -0.2) is 4.98 Å². The summed E-state index contributed by atoms with van der Waals surface area (Å²) >= 11 is 0. The van der Waals surface area contributed by atoms with E-state index in [1.807, 2.05) is 12.4 Å². The van der Waals surface area contributed by atoms with Crippen molar-refractivity contribution in [3.63, 3.8) is 0 Å². The number of rotatable bonds is 4. The molecule has 0 aromatic carbocycles. The van der Waals surface area contributed by atoms with Crippen LogP contribution in [0.25, 0.3) is 0 Å². The number of carbonyl (C=O) groups excluding carboxylic acids is 1. The summed E-state index contributed by atoms with van der Waals surface area (Å²) < 4.78 is 8.03. The first-order valence-corrected chi connectivity index (χ1v) is 10.2. The number of amides is 1. The van der Waals surface area contributed by atoms with Crippen molar-refractivity contribution in [1.29, 1.82) is 0 Å². The Morgan fingerprint density at radius 3 is 2.64 bits per heavy atom. The normalized spacial score (nSPS) is 42.0. The van der Waals surface area contributed by atoms with Crippen LogP contribution in [-0.4, -0.2) is 28.1 Å². The van der Waals surface area contributed by atoms with Crippen molar-refractivity contribution in [1.82, 2.24) is 14.9 Å². The molecule has 2 heterocycles. The standard InChI is InChI=1S/C20H29N3O2/c1-2-23-5-4-21-19(23)18-16(3-6-25-18)20(24)22-17-14-8-12-7-13(10-14)11-15(17)9-12/h4-5,12-18H,2-3,6-11H2,1H3,(H,22,24)/t12?,13?,14?,15?,16-,17?,18-/m1/s1. The number of hydrogen-bond donors (Lipinski definition) is 1. The van der Waals surface area contributed by atoms with Crippen LogP contribution < -0.4 is 5.32 Å². The van der Waals surface area contributed by atoms with E-state index in [1.54, 1.807) is 0 Å². The van der Waals surface area contributed by atoms with E-state index in [0.717, 1.165) is 42.5 Å². The first kappa shape index (κ1) is 15.9. The zero-order valence-electron chi connectivity index (χ0n) is 15.1. The maximum Gasteiger partial charge on any atom is 0.226 e. The van der Waals surface area contributed by atoms with E-state index in [4.69, 9.17) is 4.74 Å². The summed E-state index contributed by atoms with van der Waals surface area (Å²) in [4.78, 5) is 17.6. The van der Waals surface area contributed by atoms with Crippen LogP contribution in [0.3, 0.4) is 0 Å². The van der Waals surface area contributed by atoms with Crippen LogP contribution in [-0.2, 0) is 16.1 Å². The highest BCUT2D eigenvalue weighted by atomic mass is 16.5. The van der Waals surface area contributed by atoms with E-state index < -0.39 is 0 Å². The topological polar surface area (TPSA) is 56.2 Å². The lowest BCUT2D eigenvalue weighted by atomic mass is 9.54. The van der Waals surface area contributed by atoms with Crippen molar-refractivity contribution in [2.75, 3.05) is 6.61 Å². The summed E-state index contributed by atoms with van der Waals surface area (Å²) in [6.07, 6.45) is 11.2. The van der Waals surface area contributed by atoms with Crippen molar-refractivity contribution in [2.24, 2.45) is 29.6 Å². The minimum atomic E-state index is -0.188. The van der Waals surface area contributed by atoms with Crippen LogP contribution in [0.1, 0.15) is 57.4 Å². The molecule has 5 aliphatic rings. The predicted molar refractivity (Wildman–Crippen MR) is 93.7 cm³/mol. The molecule has 136 valence electrons. The van der Waals surface area contributed by atoms with E-state index in [0.29, 0.717) is 12.6 Å². The molecule has 1 aromatic rings. The lowest BCUT2D eigenvalue weighted by Crippen LogP contribution is -2.56. The molecule has 6 rings (SSSR count). The third-order valence-electron chi connectivity index (χ3n) is 7.31. The molecule has 0 unspecified atom stereocenters. The van der Waals surface area contributed by atoms with Gasteiger partial charge in [0, 0.05) is 31.6 Å². The maximum atomic E-state index is 13.1. The minimum absolute atomic E-state index is 0.0927. The van der Waals surface area contributed by atoms with E-state index in [1.165, 1.54) is 32.1 Å². The lowest BCUT2D eigenvalue weighted by Gasteiger charge is -2.54. The molecule has 0 spiro atoms. The first-order chi connectivity index (χ1) is 12.2. The fraction of sp³-hybridized carbons (Fsp3) is 0.800. The second-order valence-electron chi connectivity index (χ2n) is 8.72. The van der Waals surface area contributed by atoms with Crippen molar-refractivity contribution in [2.45, 2.75) is 64.1 Å². The summed E-state index contributed by atoms with van der Waals surface area (Å²) in [7, 11) is 0. The van der Waals surface area contributed by atoms with Gasteiger partial charge in [0.2, 0.25) is 5.91 Å². The quantitative estimate of drug-likeness (QED) is 0.914. The Morgan fingerprint density at radius 1 is 1.24 bits per heavy atom. The molecule has 0 radical (unpaired) electrons. The van der Waals surface area contributed by atoms with Crippen LogP contribution in [0.5, 0.6) is 0 Å². The van der Waals surface area contributed by atoms with Gasteiger partial charge in [-0.2, -0.15) is 0 Å². The summed E-state index contributed by atoms with van der Waals surface area (Å²) in [5, 5.41) is 3.48. The number of hydrogen-bond acceptors (Lipinski definition) is 3. The number of carbonyl (C=O) groups is 1. The second kappa shape index (κ2) is 6.11. The Kier molecular flexibility index (Phi) is 3.88. The van der Waals surface area contributed by atoms with E-state index in [-0.39, 0.29) is 17.9 Å². The summed E-state index contributed by atoms with van der Waals surface area (Å²) in [6, 6.07) is 0.410. The van der Waals surface area contributed by atoms with Gasteiger partial charge in [0.15, 0.2) is 0 Å². The molecule has 5 heteroatoms. The monoisotopic (exact) mass is 343 g/mol. The fourth-order valence-corrected chi connectivity index (χ4v) is 6.39. The van der Waals surface area contributed by atoms with Crippen molar-refractivity contribution >= 4 is 5.91 Å². The molecular formula is C20H29N3O2. The van der Waals surface area contributed by atoms with Gasteiger partial charge in [-0.15, -0.1) is 0 Å². The smallest absolute Gasteiger partial charge is 0.226 e. The number of ether oxygens (including phenoxy) is 1. The Morgan fingerprint density at radius 2 is 1.96 bits per heavy atom. The molecule has 4 bridgehead atoms. The van der Waals surface area contributed by atoms with Gasteiger partial charge in [0.25, 0.3) is 0 Å². The molecule has 4 saturated carbocycles. The first-order valence-electron chi connectivity index (χ1n) is 10.2. The average Bonchev–Trinajstić information content (AvgIpc) is 3.25. The molecule has 4 aliphatic carbocycles. The number of nitrogens with zero attached hydrogens (tertiary/aromatic N) is 2. The van der Waals surface area contributed by atoms with E-state index in [2.05, 4.69) is 21.8 Å². The van der Waals surface area contributed by atoms with Crippen LogP contribution in [0, 0.1) is 29.6 Å². The third-order valence-corrected chi connectivity index (χ3v) is 7.31. The van der Waals surface area contributed by atoms with Gasteiger partial charge in [-0.3, -0.25) is 4.79 Å². The maximum absolute atomic E-state index is 13.1. The summed E-state index contributed by atoms with van der Waals surface area (Å²) in [6.45, 7) is 3.61. The molecule has 1 aromatic heterocycles. The molecule has 2 atom stereocenters. The van der Waals surface area contributed by atoms with Gasteiger partial charge >= 0.3 is 0 Å². The Bertz CT molecular complexity index is 627. The Labute approximate surface area is 149 Å². The highest BCUT2D eigenvalue weighted by molar-refractivity contribution is 5.80. The molecule has 1 aliphatic heterocycles. The largest absolute Gasteiger partial charge is 0.369 e. The van der Waals surface area contributed by atoms with Gasteiger partial charge < -0.3 is 14.6 Å². The zero-order chi connectivity index (χ0) is 17.0. The minimum Gasteiger partial charge on any atom is -0.369 e. The number of nitrogens with one attached hydrogen (secondary N) is 1. The molecule has 25 heavy (non-hydrogen) atoms. The highest BCUT2D eigenvalue weighted by Gasteiger charge is 2.49. The summed E-state index contributed by atoms with van der Waals surface area (Å²) in [5.41, 5.74) is 0. The SMILES string of the molecule is CCn1ccnc1[C@@H]1OCC[C@H]1C(=O)NC1C2CC3CC(C2)CC1C3. The van der Waals surface area contributed by atoms with Crippen LogP contribution in [0.15, 0.2) is 12.4 Å². The molecule has 1 amide bonds. The van der Waals surface area contributed by atoms with Gasteiger partial charge in [0.05, 0.1) is 5.92 Å². The Balaban J connectivity index is 1.31. The average molecular weight is 343 g/mol. The highest BCUT2D eigenvalue weighted by Crippen LogP contribution is 2.53. The zero-order valence-corrected chi connectivity index (χ0v) is 15.1. The van der Waals surface area contributed by atoms with Crippen molar-refractivity contribution in [3.05, 3.63) is 18.2 Å². The third kappa shape index (κ3) is 2.62. The van der Waals surface area contributed by atoms with Crippen LogP contribution >= 0.6 is 0 Å². The van der Waals surface area contributed by atoms with Gasteiger partial charge in [-0.1, -0.05) is 0 Å². The van der Waals surface area contributed by atoms with Crippen LogP contribution in [0.2, 0.25) is 0 Å². The predicted octanol–water partition coefficient (Wildman–Crippen LogP) is 2.92. The number of aromatic nitrogens is 2. The van der Waals surface area contributed by atoms with Crippen LogP contribution in [0.4, 0.5) is 0 Å². The molecule has 1 saturated heterocycles. The lowest BCUT2D eigenvalue weighted by molar-refractivity contribution is -0.131. The Hall–Kier alpha value is -1.36. The second-order valence-corrected chi connectivity index (χ2v) is 8.72. The van der Waals surface area contributed by atoms with Gasteiger partial charge in [0.1, 0.15) is 11.9 Å². The fourth-order valence-electron chi connectivity index (χ4n) is 6.39. The molecule has 5 fully saturated rings. The molecule has 1 N–H and O–H groups in total. The van der Waals surface area contributed by atoms with E-state index >= 15 is 0 Å².